The summed E-state index contributed by atoms with van der Waals surface area (Å²) in [6, 6.07) is 3.27. The molecule has 1 aromatic carbocycles. The Bertz CT molecular complexity index is 564. The Labute approximate surface area is 168 Å². The average molecular weight is 429 g/mol. The van der Waals surface area contributed by atoms with Crippen molar-refractivity contribution in [3.8, 4) is 11.5 Å². The lowest BCUT2D eigenvalue weighted by Gasteiger charge is -2.12. The average Bonchev–Trinajstić information content (AvgIpc) is 2.51. The van der Waals surface area contributed by atoms with E-state index >= 15 is 0 Å². The van der Waals surface area contributed by atoms with Crippen molar-refractivity contribution in [1.82, 2.24) is 0 Å². The smallest absolute Gasteiger partial charge is 0.156 e. The molecular formula is C17H21Cl4NO3. The van der Waals surface area contributed by atoms with E-state index in [0.29, 0.717) is 28.2 Å². The van der Waals surface area contributed by atoms with Gasteiger partial charge in [0.2, 0.25) is 0 Å². The standard InChI is InChI=1S/C17H21Cl4NO3/c1-12(2)25-22-7-4-3-5-8-24-17-14(18)10-13(11-15(17)19)23-9-6-16(20)21/h6-7,10-12H,3-5,8-9H2,1-2H3/b22-7+. The van der Waals surface area contributed by atoms with Crippen LogP contribution in [0.15, 0.2) is 27.9 Å². The van der Waals surface area contributed by atoms with Crippen molar-refractivity contribution in [3.05, 3.63) is 32.7 Å². The molecule has 0 atom stereocenters. The largest absolute Gasteiger partial charge is 0.490 e. The van der Waals surface area contributed by atoms with Crippen LogP contribution in [-0.4, -0.2) is 25.5 Å². The van der Waals surface area contributed by atoms with Crippen molar-refractivity contribution in [2.75, 3.05) is 13.2 Å². The fourth-order valence-electron chi connectivity index (χ4n) is 1.69. The molecule has 0 saturated heterocycles. The molecule has 0 aliphatic rings. The zero-order chi connectivity index (χ0) is 18.7. The molecule has 0 heterocycles. The van der Waals surface area contributed by atoms with Gasteiger partial charge in [0.1, 0.15) is 23.0 Å². The molecule has 1 aromatic rings. The normalized spacial score (nSPS) is 11.0. The van der Waals surface area contributed by atoms with Crippen LogP contribution in [0.5, 0.6) is 11.5 Å². The third kappa shape index (κ3) is 10.0. The van der Waals surface area contributed by atoms with Gasteiger partial charge in [-0.25, -0.2) is 0 Å². The Morgan fingerprint density at radius 2 is 1.80 bits per heavy atom. The van der Waals surface area contributed by atoms with Gasteiger partial charge in [-0.2, -0.15) is 0 Å². The van der Waals surface area contributed by atoms with E-state index in [9.17, 15) is 0 Å². The zero-order valence-corrected chi connectivity index (χ0v) is 17.1. The molecule has 0 saturated carbocycles. The van der Waals surface area contributed by atoms with Crippen LogP contribution in [0, 0.1) is 0 Å². The minimum atomic E-state index is 0.0961. The fraction of sp³-hybridized carbons (Fsp3) is 0.471. The summed E-state index contributed by atoms with van der Waals surface area (Å²) in [7, 11) is 0. The topological polar surface area (TPSA) is 40.0 Å². The van der Waals surface area contributed by atoms with Crippen LogP contribution in [0.2, 0.25) is 10.0 Å². The molecule has 0 spiro atoms. The molecule has 8 heteroatoms. The number of ether oxygens (including phenoxy) is 2. The van der Waals surface area contributed by atoms with Crippen molar-refractivity contribution < 1.29 is 14.3 Å². The van der Waals surface area contributed by atoms with Gasteiger partial charge in [-0.3, -0.25) is 0 Å². The van der Waals surface area contributed by atoms with Gasteiger partial charge in [0.15, 0.2) is 5.75 Å². The van der Waals surface area contributed by atoms with E-state index in [2.05, 4.69) is 5.16 Å². The van der Waals surface area contributed by atoms with Crippen molar-refractivity contribution in [2.24, 2.45) is 5.16 Å². The van der Waals surface area contributed by atoms with Gasteiger partial charge in [0.25, 0.3) is 0 Å². The number of hydrogen-bond acceptors (Lipinski definition) is 4. The summed E-state index contributed by atoms with van der Waals surface area (Å²) in [4.78, 5) is 5.07. The second-order valence-corrected chi connectivity index (χ2v) is 7.13. The highest BCUT2D eigenvalue weighted by molar-refractivity contribution is 6.55. The lowest BCUT2D eigenvalue weighted by Crippen LogP contribution is -2.00. The monoisotopic (exact) mass is 427 g/mol. The van der Waals surface area contributed by atoms with Crippen LogP contribution in [0.25, 0.3) is 0 Å². The van der Waals surface area contributed by atoms with E-state index in [1.54, 1.807) is 18.3 Å². The third-order valence-corrected chi connectivity index (χ3v) is 3.65. The van der Waals surface area contributed by atoms with E-state index in [1.165, 1.54) is 6.08 Å². The second-order valence-electron chi connectivity index (χ2n) is 5.31. The lowest BCUT2D eigenvalue weighted by atomic mass is 10.2. The summed E-state index contributed by atoms with van der Waals surface area (Å²) >= 11 is 23.4. The predicted molar refractivity (Wildman–Crippen MR) is 106 cm³/mol. The van der Waals surface area contributed by atoms with Crippen LogP contribution in [-0.2, 0) is 4.84 Å². The molecule has 0 N–H and O–H groups in total. The Morgan fingerprint density at radius 3 is 2.40 bits per heavy atom. The number of nitrogens with zero attached hydrogens (tertiary/aromatic N) is 1. The number of oxime groups is 1. The number of unbranched alkanes of at least 4 members (excludes halogenated alkanes) is 2. The van der Waals surface area contributed by atoms with Crippen LogP contribution in [0.4, 0.5) is 0 Å². The van der Waals surface area contributed by atoms with Gasteiger partial charge >= 0.3 is 0 Å². The summed E-state index contributed by atoms with van der Waals surface area (Å²) < 4.78 is 11.2. The van der Waals surface area contributed by atoms with Crippen molar-refractivity contribution >= 4 is 52.6 Å². The molecular weight excluding hydrogens is 408 g/mol. The summed E-state index contributed by atoms with van der Waals surface area (Å²) in [5.41, 5.74) is 0. The first-order valence-corrected chi connectivity index (χ1v) is 9.34. The predicted octanol–water partition coefficient (Wildman–Crippen LogP) is 6.65. The van der Waals surface area contributed by atoms with E-state index in [-0.39, 0.29) is 17.2 Å². The number of halogens is 4. The Balaban J connectivity index is 2.38. The number of hydrogen-bond donors (Lipinski definition) is 0. The molecule has 0 aliphatic heterocycles. The van der Waals surface area contributed by atoms with E-state index in [4.69, 9.17) is 60.7 Å². The highest BCUT2D eigenvalue weighted by atomic mass is 35.5. The molecule has 140 valence electrons. The summed E-state index contributed by atoms with van der Waals surface area (Å²) in [5, 5.41) is 4.63. The lowest BCUT2D eigenvalue weighted by molar-refractivity contribution is 0.0867. The quantitative estimate of drug-likeness (QED) is 0.225. The van der Waals surface area contributed by atoms with Gasteiger partial charge in [0, 0.05) is 18.3 Å². The van der Waals surface area contributed by atoms with E-state index < -0.39 is 0 Å². The summed E-state index contributed by atoms with van der Waals surface area (Å²) in [6.45, 7) is 4.58. The van der Waals surface area contributed by atoms with Gasteiger partial charge in [-0.15, -0.1) is 0 Å². The molecule has 1 rings (SSSR count). The Kier molecular flexibility index (Phi) is 11.1. The van der Waals surface area contributed by atoms with Crippen molar-refractivity contribution in [2.45, 2.75) is 39.2 Å². The zero-order valence-electron chi connectivity index (χ0n) is 14.1. The molecule has 25 heavy (non-hydrogen) atoms. The molecule has 0 amide bonds. The number of rotatable bonds is 11. The van der Waals surface area contributed by atoms with Gasteiger partial charge in [-0.05, 0) is 39.2 Å². The summed E-state index contributed by atoms with van der Waals surface area (Å²) in [5.74, 6) is 0.952. The second kappa shape index (κ2) is 12.5. The first-order chi connectivity index (χ1) is 11.9. The molecule has 0 bridgehead atoms. The van der Waals surface area contributed by atoms with Crippen LogP contribution in [0.3, 0.4) is 0 Å². The Morgan fingerprint density at radius 1 is 1.12 bits per heavy atom. The van der Waals surface area contributed by atoms with Crippen LogP contribution >= 0.6 is 46.4 Å². The van der Waals surface area contributed by atoms with Crippen molar-refractivity contribution in [1.29, 1.82) is 0 Å². The van der Waals surface area contributed by atoms with Crippen LogP contribution in [0.1, 0.15) is 33.1 Å². The summed E-state index contributed by atoms with van der Waals surface area (Å²) in [6.07, 6.45) is 5.96. The molecule has 4 nitrogen and oxygen atoms in total. The first-order valence-electron chi connectivity index (χ1n) is 7.83. The van der Waals surface area contributed by atoms with Gasteiger partial charge in [0.05, 0.1) is 16.7 Å². The molecule has 0 fully saturated rings. The molecule has 0 radical (unpaired) electrons. The molecule has 0 aromatic heterocycles. The first kappa shape index (κ1) is 22.2. The van der Waals surface area contributed by atoms with Crippen molar-refractivity contribution in [3.63, 3.8) is 0 Å². The SMILES string of the molecule is CC(C)O/N=C/CCCCOc1c(Cl)cc(OCC=C(Cl)Cl)cc1Cl. The number of benzene rings is 1. The Hall–Kier alpha value is -0.810. The molecule has 0 unspecified atom stereocenters. The maximum absolute atomic E-state index is 6.19. The highest BCUT2D eigenvalue weighted by Crippen LogP contribution is 2.37. The third-order valence-electron chi connectivity index (χ3n) is 2.78. The molecule has 0 aliphatic carbocycles. The van der Waals surface area contributed by atoms with E-state index in [1.807, 2.05) is 13.8 Å². The minimum Gasteiger partial charge on any atom is -0.490 e. The van der Waals surface area contributed by atoms with Crippen LogP contribution < -0.4 is 9.47 Å². The maximum Gasteiger partial charge on any atom is 0.156 e. The minimum absolute atomic E-state index is 0.0961. The van der Waals surface area contributed by atoms with Gasteiger partial charge in [-0.1, -0.05) is 51.6 Å². The van der Waals surface area contributed by atoms with E-state index in [0.717, 1.165) is 19.3 Å². The van der Waals surface area contributed by atoms with Gasteiger partial charge < -0.3 is 14.3 Å². The fourth-order valence-corrected chi connectivity index (χ4v) is 2.39. The highest BCUT2D eigenvalue weighted by Gasteiger charge is 2.10. The maximum atomic E-state index is 6.19.